The van der Waals surface area contributed by atoms with Gasteiger partial charge in [-0.3, -0.25) is 9.59 Å². The highest BCUT2D eigenvalue weighted by Gasteiger charge is 2.42. The molecule has 7 nitrogen and oxygen atoms in total. The molecule has 2 fully saturated rings. The van der Waals surface area contributed by atoms with E-state index >= 15 is 0 Å². The average molecular weight is 424 g/mol. The van der Waals surface area contributed by atoms with Crippen LogP contribution < -0.4 is 9.47 Å². The zero-order valence-electron chi connectivity index (χ0n) is 18.0. The largest absolute Gasteiger partial charge is 0.497 e. The van der Waals surface area contributed by atoms with Crippen molar-refractivity contribution in [2.75, 3.05) is 53.6 Å². The van der Waals surface area contributed by atoms with Crippen molar-refractivity contribution < 1.29 is 23.8 Å². The SMILES string of the molecule is COc1ccc(C(=O)N2C[C@@H](C(=O)N3CCOCC3)[C@H](c3ccc(OC)cc3)C2)cc1. The van der Waals surface area contributed by atoms with Gasteiger partial charge >= 0.3 is 0 Å². The van der Waals surface area contributed by atoms with Crippen molar-refractivity contribution in [2.24, 2.45) is 5.92 Å². The first-order valence-corrected chi connectivity index (χ1v) is 10.5. The highest BCUT2D eigenvalue weighted by molar-refractivity contribution is 5.95. The van der Waals surface area contributed by atoms with Gasteiger partial charge in [-0.25, -0.2) is 0 Å². The van der Waals surface area contributed by atoms with Crippen molar-refractivity contribution in [3.05, 3.63) is 59.7 Å². The molecule has 2 aromatic rings. The third-order valence-corrected chi connectivity index (χ3v) is 6.13. The first-order chi connectivity index (χ1) is 15.1. The zero-order valence-corrected chi connectivity index (χ0v) is 18.0. The molecule has 2 saturated heterocycles. The number of nitrogens with zero attached hydrogens (tertiary/aromatic N) is 2. The number of carbonyl (C=O) groups is 2. The number of methoxy groups -OCH3 is 2. The van der Waals surface area contributed by atoms with Crippen LogP contribution in [0.5, 0.6) is 11.5 Å². The normalized spacial score (nSPS) is 21.1. The maximum atomic E-state index is 13.4. The molecule has 0 aliphatic carbocycles. The van der Waals surface area contributed by atoms with E-state index in [0.717, 1.165) is 11.3 Å². The standard InChI is InChI=1S/C24H28N2O5/c1-29-19-7-3-17(4-8-19)21-15-26(23(27)18-5-9-20(30-2)10-6-18)16-22(21)24(28)25-11-13-31-14-12-25/h3-10,21-22H,11-16H2,1-2H3/t21-,22+/m0/s1. The Morgan fingerprint density at radius 3 is 2.00 bits per heavy atom. The highest BCUT2D eigenvalue weighted by Crippen LogP contribution is 2.36. The van der Waals surface area contributed by atoms with Gasteiger partial charge in [-0.1, -0.05) is 12.1 Å². The Hall–Kier alpha value is -3.06. The van der Waals surface area contributed by atoms with Gasteiger partial charge in [0.25, 0.3) is 5.91 Å². The van der Waals surface area contributed by atoms with E-state index < -0.39 is 0 Å². The second kappa shape index (κ2) is 9.39. The van der Waals surface area contributed by atoms with Gasteiger partial charge in [0.05, 0.1) is 33.4 Å². The number of morpholine rings is 1. The first kappa shape index (κ1) is 21.2. The monoisotopic (exact) mass is 424 g/mol. The summed E-state index contributed by atoms with van der Waals surface area (Å²) in [5.74, 6) is 1.14. The van der Waals surface area contributed by atoms with Crippen LogP contribution in [-0.4, -0.2) is 75.2 Å². The number of ether oxygens (including phenoxy) is 3. The summed E-state index contributed by atoms with van der Waals surface area (Å²) in [6.45, 7) is 3.20. The van der Waals surface area contributed by atoms with Gasteiger partial charge in [0.2, 0.25) is 5.91 Å². The minimum absolute atomic E-state index is 0.0663. The van der Waals surface area contributed by atoms with Gasteiger partial charge in [-0.2, -0.15) is 0 Å². The van der Waals surface area contributed by atoms with Crippen LogP contribution in [0.25, 0.3) is 0 Å². The lowest BCUT2D eigenvalue weighted by atomic mass is 9.88. The fraction of sp³-hybridized carbons (Fsp3) is 0.417. The number of benzene rings is 2. The molecule has 2 atom stereocenters. The maximum absolute atomic E-state index is 13.4. The number of hydrogen-bond donors (Lipinski definition) is 0. The molecule has 2 aliphatic rings. The van der Waals surface area contributed by atoms with Crippen LogP contribution in [-0.2, 0) is 9.53 Å². The molecule has 2 aromatic carbocycles. The number of likely N-dealkylation sites (tertiary alicyclic amines) is 1. The van der Waals surface area contributed by atoms with Crippen LogP contribution in [0, 0.1) is 5.92 Å². The molecular weight excluding hydrogens is 396 g/mol. The van der Waals surface area contributed by atoms with Crippen molar-refractivity contribution in [2.45, 2.75) is 5.92 Å². The molecule has 7 heteroatoms. The third-order valence-electron chi connectivity index (χ3n) is 6.13. The molecule has 4 rings (SSSR count). The molecular formula is C24H28N2O5. The summed E-state index contributed by atoms with van der Waals surface area (Å²) < 4.78 is 15.9. The summed E-state index contributed by atoms with van der Waals surface area (Å²) in [5.41, 5.74) is 1.63. The lowest BCUT2D eigenvalue weighted by molar-refractivity contribution is -0.139. The lowest BCUT2D eigenvalue weighted by Crippen LogP contribution is -2.45. The Bertz CT molecular complexity index is 907. The lowest BCUT2D eigenvalue weighted by Gasteiger charge is -2.30. The molecule has 2 amide bonds. The summed E-state index contributed by atoms with van der Waals surface area (Å²) in [4.78, 5) is 30.2. The fourth-order valence-electron chi connectivity index (χ4n) is 4.34. The maximum Gasteiger partial charge on any atom is 0.253 e. The molecule has 0 N–H and O–H groups in total. The average Bonchev–Trinajstić information content (AvgIpc) is 3.29. The number of hydrogen-bond acceptors (Lipinski definition) is 5. The molecule has 0 radical (unpaired) electrons. The Labute approximate surface area is 182 Å². The predicted octanol–water partition coefficient (Wildman–Crippen LogP) is 2.42. The molecule has 2 aliphatic heterocycles. The zero-order chi connectivity index (χ0) is 21.8. The Morgan fingerprint density at radius 2 is 1.42 bits per heavy atom. The Morgan fingerprint density at radius 1 is 0.839 bits per heavy atom. The molecule has 2 heterocycles. The van der Waals surface area contributed by atoms with E-state index in [4.69, 9.17) is 14.2 Å². The van der Waals surface area contributed by atoms with Gasteiger partial charge in [-0.15, -0.1) is 0 Å². The molecule has 0 aromatic heterocycles. The molecule has 0 saturated carbocycles. The van der Waals surface area contributed by atoms with Crippen LogP contribution in [0.1, 0.15) is 21.8 Å². The summed E-state index contributed by atoms with van der Waals surface area (Å²) >= 11 is 0. The summed E-state index contributed by atoms with van der Waals surface area (Å²) in [6.07, 6.45) is 0. The van der Waals surface area contributed by atoms with Gasteiger partial charge in [0, 0.05) is 37.7 Å². The van der Waals surface area contributed by atoms with Crippen LogP contribution >= 0.6 is 0 Å². The van der Waals surface area contributed by atoms with E-state index in [1.54, 1.807) is 43.4 Å². The third kappa shape index (κ3) is 4.51. The second-order valence-corrected chi connectivity index (χ2v) is 7.86. The smallest absolute Gasteiger partial charge is 0.253 e. The van der Waals surface area contributed by atoms with Gasteiger partial charge in [-0.05, 0) is 42.0 Å². The molecule has 0 spiro atoms. The van der Waals surface area contributed by atoms with E-state index in [1.807, 2.05) is 29.2 Å². The minimum atomic E-state index is -0.284. The summed E-state index contributed by atoms with van der Waals surface area (Å²) in [5, 5.41) is 0. The van der Waals surface area contributed by atoms with Crippen molar-refractivity contribution in [3.63, 3.8) is 0 Å². The van der Waals surface area contributed by atoms with E-state index in [9.17, 15) is 9.59 Å². The molecule has 31 heavy (non-hydrogen) atoms. The van der Waals surface area contributed by atoms with Crippen LogP contribution in [0.2, 0.25) is 0 Å². The van der Waals surface area contributed by atoms with E-state index in [2.05, 4.69) is 0 Å². The fourth-order valence-corrected chi connectivity index (χ4v) is 4.34. The predicted molar refractivity (Wildman–Crippen MR) is 116 cm³/mol. The minimum Gasteiger partial charge on any atom is -0.497 e. The van der Waals surface area contributed by atoms with Crippen LogP contribution in [0.4, 0.5) is 0 Å². The van der Waals surface area contributed by atoms with Crippen molar-refractivity contribution in [3.8, 4) is 11.5 Å². The number of rotatable bonds is 5. The second-order valence-electron chi connectivity index (χ2n) is 7.86. The van der Waals surface area contributed by atoms with Gasteiger partial charge in [0.1, 0.15) is 11.5 Å². The molecule has 0 bridgehead atoms. The van der Waals surface area contributed by atoms with Crippen molar-refractivity contribution >= 4 is 11.8 Å². The van der Waals surface area contributed by atoms with Crippen molar-refractivity contribution in [1.82, 2.24) is 9.80 Å². The number of carbonyl (C=O) groups excluding carboxylic acids is 2. The topological polar surface area (TPSA) is 68.3 Å². The number of amides is 2. The Balaban J connectivity index is 1.58. The van der Waals surface area contributed by atoms with E-state index in [0.29, 0.717) is 50.7 Å². The van der Waals surface area contributed by atoms with Crippen LogP contribution in [0.3, 0.4) is 0 Å². The first-order valence-electron chi connectivity index (χ1n) is 10.5. The highest BCUT2D eigenvalue weighted by atomic mass is 16.5. The van der Waals surface area contributed by atoms with E-state index in [1.165, 1.54) is 0 Å². The van der Waals surface area contributed by atoms with Crippen molar-refractivity contribution in [1.29, 1.82) is 0 Å². The summed E-state index contributed by atoms with van der Waals surface area (Å²) in [7, 11) is 3.23. The van der Waals surface area contributed by atoms with Gasteiger partial charge < -0.3 is 24.0 Å². The van der Waals surface area contributed by atoms with Crippen LogP contribution in [0.15, 0.2) is 48.5 Å². The molecule has 164 valence electrons. The Kier molecular flexibility index (Phi) is 6.42. The summed E-state index contributed by atoms with van der Waals surface area (Å²) in [6, 6.07) is 14.9. The quantitative estimate of drug-likeness (QED) is 0.738. The van der Waals surface area contributed by atoms with Gasteiger partial charge in [0.15, 0.2) is 0 Å². The molecule has 0 unspecified atom stereocenters. The van der Waals surface area contributed by atoms with E-state index in [-0.39, 0.29) is 23.7 Å².